The van der Waals surface area contributed by atoms with Crippen LogP contribution in [0.25, 0.3) is 0 Å². The van der Waals surface area contributed by atoms with Crippen LogP contribution in [0.3, 0.4) is 0 Å². The molecule has 0 aromatic carbocycles. The molecule has 0 saturated heterocycles. The molecule has 1 aliphatic carbocycles. The second kappa shape index (κ2) is 4.91. The van der Waals surface area contributed by atoms with Gasteiger partial charge in [-0.25, -0.2) is 0 Å². The van der Waals surface area contributed by atoms with Crippen molar-refractivity contribution < 1.29 is 4.79 Å². The number of hydrogen-bond donors (Lipinski definition) is 1. The van der Waals surface area contributed by atoms with Gasteiger partial charge in [0.2, 0.25) is 0 Å². The molecule has 1 aromatic rings. The highest BCUT2D eigenvalue weighted by molar-refractivity contribution is 5.79. The number of carbonyl (C=O) groups is 1. The lowest BCUT2D eigenvalue weighted by molar-refractivity contribution is -0.120. The SMILES string of the molecule is O=C1CCC(CNc2ccncc2)CC1. The maximum atomic E-state index is 11.1. The Kier molecular flexibility index (Phi) is 3.33. The summed E-state index contributed by atoms with van der Waals surface area (Å²) in [5, 5.41) is 3.38. The Balaban J connectivity index is 1.77. The van der Waals surface area contributed by atoms with Crippen LogP contribution < -0.4 is 5.32 Å². The standard InChI is InChI=1S/C12H16N2O/c15-12-3-1-10(2-4-12)9-14-11-5-7-13-8-6-11/h5-8,10H,1-4,9H2,(H,13,14). The highest BCUT2D eigenvalue weighted by atomic mass is 16.1. The minimum atomic E-state index is 0.426. The predicted molar refractivity (Wildman–Crippen MR) is 59.7 cm³/mol. The van der Waals surface area contributed by atoms with Crippen molar-refractivity contribution in [2.75, 3.05) is 11.9 Å². The molecular weight excluding hydrogens is 188 g/mol. The number of pyridine rings is 1. The number of nitrogens with one attached hydrogen (secondary N) is 1. The first-order valence-corrected chi connectivity index (χ1v) is 5.50. The van der Waals surface area contributed by atoms with Crippen LogP contribution in [0.2, 0.25) is 0 Å². The minimum Gasteiger partial charge on any atom is -0.385 e. The highest BCUT2D eigenvalue weighted by Crippen LogP contribution is 2.21. The molecule has 0 unspecified atom stereocenters. The number of aromatic nitrogens is 1. The predicted octanol–water partition coefficient (Wildman–Crippen LogP) is 2.25. The molecule has 1 aromatic heterocycles. The van der Waals surface area contributed by atoms with E-state index in [0.29, 0.717) is 11.7 Å². The van der Waals surface area contributed by atoms with E-state index in [1.54, 1.807) is 12.4 Å². The van der Waals surface area contributed by atoms with Crippen molar-refractivity contribution >= 4 is 11.5 Å². The lowest BCUT2D eigenvalue weighted by Crippen LogP contribution is -2.20. The Hall–Kier alpha value is -1.38. The number of carbonyl (C=O) groups excluding carboxylic acids is 1. The molecule has 2 rings (SSSR count). The van der Waals surface area contributed by atoms with Gasteiger partial charge in [0, 0.05) is 37.5 Å². The van der Waals surface area contributed by atoms with E-state index in [-0.39, 0.29) is 0 Å². The van der Waals surface area contributed by atoms with Gasteiger partial charge in [0.15, 0.2) is 0 Å². The second-order valence-corrected chi connectivity index (χ2v) is 4.10. The van der Waals surface area contributed by atoms with Crippen molar-refractivity contribution in [1.29, 1.82) is 0 Å². The summed E-state index contributed by atoms with van der Waals surface area (Å²) in [5.74, 6) is 1.08. The van der Waals surface area contributed by atoms with Crippen LogP contribution in [-0.4, -0.2) is 17.3 Å². The van der Waals surface area contributed by atoms with Crippen LogP contribution in [0.15, 0.2) is 24.5 Å². The fourth-order valence-corrected chi connectivity index (χ4v) is 1.94. The van der Waals surface area contributed by atoms with E-state index in [9.17, 15) is 4.79 Å². The third-order valence-electron chi connectivity index (χ3n) is 2.94. The van der Waals surface area contributed by atoms with Crippen LogP contribution in [0.4, 0.5) is 5.69 Å². The molecule has 0 amide bonds. The molecule has 3 nitrogen and oxygen atoms in total. The third kappa shape index (κ3) is 3.05. The third-order valence-corrected chi connectivity index (χ3v) is 2.94. The van der Waals surface area contributed by atoms with Crippen LogP contribution in [-0.2, 0) is 4.79 Å². The molecule has 1 aliphatic rings. The summed E-state index contributed by atoms with van der Waals surface area (Å²) in [6.07, 6.45) is 7.18. The molecule has 3 heteroatoms. The van der Waals surface area contributed by atoms with Gasteiger partial charge in [-0.05, 0) is 30.9 Å². The second-order valence-electron chi connectivity index (χ2n) is 4.10. The molecule has 0 radical (unpaired) electrons. The summed E-state index contributed by atoms with van der Waals surface area (Å²) in [6, 6.07) is 3.93. The maximum Gasteiger partial charge on any atom is 0.132 e. The summed E-state index contributed by atoms with van der Waals surface area (Å²) >= 11 is 0. The molecule has 0 bridgehead atoms. The van der Waals surface area contributed by atoms with E-state index < -0.39 is 0 Å². The normalized spacial score (nSPS) is 17.7. The van der Waals surface area contributed by atoms with Crippen molar-refractivity contribution in [3.05, 3.63) is 24.5 Å². The van der Waals surface area contributed by atoms with Gasteiger partial charge in [-0.2, -0.15) is 0 Å². The molecule has 80 valence electrons. The summed E-state index contributed by atoms with van der Waals surface area (Å²) in [7, 11) is 0. The van der Waals surface area contributed by atoms with Gasteiger partial charge in [-0.3, -0.25) is 9.78 Å². The highest BCUT2D eigenvalue weighted by Gasteiger charge is 2.17. The summed E-state index contributed by atoms with van der Waals surface area (Å²) < 4.78 is 0. The molecule has 1 N–H and O–H groups in total. The van der Waals surface area contributed by atoms with Gasteiger partial charge in [0.1, 0.15) is 5.78 Å². The number of anilines is 1. The van der Waals surface area contributed by atoms with Crippen molar-refractivity contribution in [2.24, 2.45) is 5.92 Å². The molecular formula is C12H16N2O. The Bertz CT molecular complexity index is 314. The van der Waals surface area contributed by atoms with Crippen LogP contribution >= 0.6 is 0 Å². The summed E-state index contributed by atoms with van der Waals surface area (Å²) in [6.45, 7) is 0.970. The van der Waals surface area contributed by atoms with E-state index in [2.05, 4.69) is 10.3 Å². The first-order chi connectivity index (χ1) is 7.34. The van der Waals surface area contributed by atoms with Crippen LogP contribution in [0, 0.1) is 5.92 Å². The molecule has 0 atom stereocenters. The zero-order valence-corrected chi connectivity index (χ0v) is 8.78. The molecule has 1 fully saturated rings. The zero-order chi connectivity index (χ0) is 10.5. The zero-order valence-electron chi connectivity index (χ0n) is 8.78. The quantitative estimate of drug-likeness (QED) is 0.821. The number of hydrogen-bond acceptors (Lipinski definition) is 3. The number of ketones is 1. The van der Waals surface area contributed by atoms with Gasteiger partial charge in [0.05, 0.1) is 0 Å². The maximum absolute atomic E-state index is 11.1. The fraction of sp³-hybridized carbons (Fsp3) is 0.500. The number of nitrogens with zero attached hydrogens (tertiary/aromatic N) is 1. The lowest BCUT2D eigenvalue weighted by Gasteiger charge is -2.21. The Morgan fingerprint density at radius 3 is 2.60 bits per heavy atom. The molecule has 1 saturated carbocycles. The van der Waals surface area contributed by atoms with Gasteiger partial charge in [-0.1, -0.05) is 0 Å². The minimum absolute atomic E-state index is 0.426. The molecule has 0 spiro atoms. The first kappa shape index (κ1) is 10.1. The molecule has 1 heterocycles. The van der Waals surface area contributed by atoms with Crippen molar-refractivity contribution in [3.63, 3.8) is 0 Å². The Labute approximate surface area is 89.9 Å². The fourth-order valence-electron chi connectivity index (χ4n) is 1.94. The average Bonchev–Trinajstić information content (AvgIpc) is 2.30. The first-order valence-electron chi connectivity index (χ1n) is 5.50. The smallest absolute Gasteiger partial charge is 0.132 e. The Morgan fingerprint density at radius 2 is 1.93 bits per heavy atom. The van der Waals surface area contributed by atoms with Crippen molar-refractivity contribution in [3.8, 4) is 0 Å². The van der Waals surface area contributed by atoms with Crippen LogP contribution in [0.1, 0.15) is 25.7 Å². The van der Waals surface area contributed by atoms with Crippen LogP contribution in [0.5, 0.6) is 0 Å². The monoisotopic (exact) mass is 204 g/mol. The van der Waals surface area contributed by atoms with E-state index in [1.165, 1.54) is 0 Å². The number of rotatable bonds is 3. The van der Waals surface area contributed by atoms with Gasteiger partial charge in [0.25, 0.3) is 0 Å². The molecule has 15 heavy (non-hydrogen) atoms. The van der Waals surface area contributed by atoms with Crippen molar-refractivity contribution in [2.45, 2.75) is 25.7 Å². The number of Topliss-reactive ketones (excluding diaryl/α,β-unsaturated/α-hetero) is 1. The van der Waals surface area contributed by atoms with E-state index in [1.807, 2.05) is 12.1 Å². The van der Waals surface area contributed by atoms with E-state index in [0.717, 1.165) is 37.9 Å². The van der Waals surface area contributed by atoms with Gasteiger partial charge < -0.3 is 5.32 Å². The van der Waals surface area contributed by atoms with Gasteiger partial charge >= 0.3 is 0 Å². The van der Waals surface area contributed by atoms with Crippen molar-refractivity contribution in [1.82, 2.24) is 4.98 Å². The lowest BCUT2D eigenvalue weighted by atomic mass is 9.88. The summed E-state index contributed by atoms with van der Waals surface area (Å²) in [5.41, 5.74) is 1.11. The van der Waals surface area contributed by atoms with E-state index in [4.69, 9.17) is 0 Å². The Morgan fingerprint density at radius 1 is 1.27 bits per heavy atom. The van der Waals surface area contributed by atoms with E-state index >= 15 is 0 Å². The summed E-state index contributed by atoms with van der Waals surface area (Å²) in [4.78, 5) is 15.0. The topological polar surface area (TPSA) is 42.0 Å². The van der Waals surface area contributed by atoms with Gasteiger partial charge in [-0.15, -0.1) is 0 Å². The molecule has 0 aliphatic heterocycles. The largest absolute Gasteiger partial charge is 0.385 e. The average molecular weight is 204 g/mol.